The molecule has 0 aromatic heterocycles. The Bertz CT molecular complexity index is 699. The summed E-state index contributed by atoms with van der Waals surface area (Å²) in [5.74, 6) is 1.17. The summed E-state index contributed by atoms with van der Waals surface area (Å²) in [7, 11) is 0. The summed E-state index contributed by atoms with van der Waals surface area (Å²) in [6, 6.07) is 16.1. The predicted molar refractivity (Wildman–Crippen MR) is 111 cm³/mol. The average Bonchev–Trinajstić information content (AvgIpc) is 2.65. The molecule has 146 valence electrons. The first-order valence-electron chi connectivity index (χ1n) is 9.71. The minimum Gasteiger partial charge on any atom is -0.432 e. The van der Waals surface area contributed by atoms with Gasteiger partial charge in [0.25, 0.3) is 0 Å². The maximum Gasteiger partial charge on any atom is 0.513 e. The minimum absolute atomic E-state index is 0.264. The van der Waals surface area contributed by atoms with Gasteiger partial charge in [-0.1, -0.05) is 64.1 Å². The Morgan fingerprint density at radius 2 is 1.52 bits per heavy atom. The summed E-state index contributed by atoms with van der Waals surface area (Å²) in [4.78, 5) is 14.5. The Hall–Kier alpha value is -2.49. The summed E-state index contributed by atoms with van der Waals surface area (Å²) in [5.41, 5.74) is 3.17. The van der Waals surface area contributed by atoms with Crippen LogP contribution in [0, 0.1) is 0 Å². The van der Waals surface area contributed by atoms with Crippen LogP contribution in [0.2, 0.25) is 0 Å². The average molecular weight is 370 g/mol. The molecule has 27 heavy (non-hydrogen) atoms. The molecule has 0 amide bonds. The molecular weight excluding hydrogens is 338 g/mol. The Labute approximate surface area is 163 Å². The lowest BCUT2D eigenvalue weighted by Crippen LogP contribution is -2.28. The Morgan fingerprint density at radius 1 is 0.926 bits per heavy atom. The van der Waals surface area contributed by atoms with E-state index in [2.05, 4.69) is 51.7 Å². The number of carbonyl (C=O) groups is 1. The molecule has 0 aliphatic carbocycles. The van der Waals surface area contributed by atoms with Crippen molar-refractivity contribution in [2.24, 2.45) is 0 Å². The molecule has 2 rings (SSSR count). The minimum atomic E-state index is -0.644. The number of rotatable bonds is 8. The molecule has 0 bridgehead atoms. The van der Waals surface area contributed by atoms with Crippen molar-refractivity contribution in [2.45, 2.75) is 46.5 Å². The zero-order valence-corrected chi connectivity index (χ0v) is 17.1. The monoisotopic (exact) mass is 369 g/mol. The maximum atomic E-state index is 12.3. The van der Waals surface area contributed by atoms with Gasteiger partial charge in [-0.15, -0.1) is 0 Å². The van der Waals surface area contributed by atoms with Gasteiger partial charge in [-0.25, -0.2) is 4.79 Å². The highest BCUT2D eigenvalue weighted by molar-refractivity contribution is 5.66. The number of benzene rings is 2. The van der Waals surface area contributed by atoms with E-state index < -0.39 is 6.16 Å². The van der Waals surface area contributed by atoms with Crippen LogP contribution in [-0.4, -0.2) is 25.9 Å². The highest BCUT2D eigenvalue weighted by Gasteiger charge is 2.19. The van der Waals surface area contributed by atoms with Crippen LogP contribution in [0.1, 0.15) is 57.6 Å². The zero-order chi connectivity index (χ0) is 19.8. The van der Waals surface area contributed by atoms with E-state index in [0.717, 1.165) is 23.4 Å². The first-order chi connectivity index (χ1) is 12.9. The summed E-state index contributed by atoms with van der Waals surface area (Å²) in [5, 5.41) is 0. The normalized spacial score (nSPS) is 10.9. The molecule has 2 aromatic carbocycles. The predicted octanol–water partition coefficient (Wildman–Crippen LogP) is 5.98. The Balaban J connectivity index is 2.00. The standard InChI is InChI=1S/C23H31NO3/c1-6-24(19-11-8-7-9-12-19)15-16-26-23(25)27-22-20(17(2)3)13-10-14-21(22)18(4)5/h7-14,17-18H,6,15-16H2,1-5H3. The lowest BCUT2D eigenvalue weighted by Gasteiger charge is -2.23. The van der Waals surface area contributed by atoms with Gasteiger partial charge < -0.3 is 14.4 Å². The molecule has 0 radical (unpaired) electrons. The second kappa shape index (κ2) is 10.0. The van der Waals surface area contributed by atoms with Gasteiger partial charge in [-0.05, 0) is 42.0 Å². The van der Waals surface area contributed by atoms with E-state index >= 15 is 0 Å². The first kappa shape index (κ1) is 20.8. The highest BCUT2D eigenvalue weighted by Crippen LogP contribution is 2.34. The topological polar surface area (TPSA) is 38.8 Å². The SMILES string of the molecule is CCN(CCOC(=O)Oc1c(C(C)C)cccc1C(C)C)c1ccccc1. The second-order valence-corrected chi connectivity index (χ2v) is 7.19. The van der Waals surface area contributed by atoms with E-state index in [1.54, 1.807) is 0 Å². The van der Waals surface area contributed by atoms with Gasteiger partial charge in [-0.3, -0.25) is 0 Å². The molecule has 0 heterocycles. The number of hydrogen-bond acceptors (Lipinski definition) is 4. The summed E-state index contributed by atoms with van der Waals surface area (Å²) < 4.78 is 11.0. The molecule has 0 fully saturated rings. The smallest absolute Gasteiger partial charge is 0.432 e. The number of para-hydroxylation sites is 2. The van der Waals surface area contributed by atoms with Gasteiger partial charge in [0.2, 0.25) is 0 Å². The summed E-state index contributed by atoms with van der Waals surface area (Å²) >= 11 is 0. The molecule has 0 unspecified atom stereocenters. The van der Waals surface area contributed by atoms with Crippen molar-refractivity contribution >= 4 is 11.8 Å². The van der Waals surface area contributed by atoms with Crippen molar-refractivity contribution in [3.63, 3.8) is 0 Å². The molecule has 4 nitrogen and oxygen atoms in total. The maximum absolute atomic E-state index is 12.3. The Morgan fingerprint density at radius 3 is 2.04 bits per heavy atom. The summed E-state index contributed by atoms with van der Waals surface area (Å²) in [6.45, 7) is 12.2. The molecule has 0 N–H and O–H groups in total. The third-order valence-corrected chi connectivity index (χ3v) is 4.59. The third kappa shape index (κ3) is 5.75. The number of carbonyl (C=O) groups excluding carboxylic acids is 1. The van der Waals surface area contributed by atoms with Gasteiger partial charge >= 0.3 is 6.16 Å². The van der Waals surface area contributed by atoms with Crippen LogP contribution in [-0.2, 0) is 4.74 Å². The van der Waals surface area contributed by atoms with E-state index in [1.165, 1.54) is 0 Å². The van der Waals surface area contributed by atoms with Crippen LogP contribution in [0.3, 0.4) is 0 Å². The van der Waals surface area contributed by atoms with Gasteiger partial charge in [0.05, 0.1) is 6.54 Å². The van der Waals surface area contributed by atoms with E-state index in [4.69, 9.17) is 9.47 Å². The van der Waals surface area contributed by atoms with Crippen molar-refractivity contribution in [1.29, 1.82) is 0 Å². The number of anilines is 1. The molecule has 0 aliphatic rings. The summed E-state index contributed by atoms with van der Waals surface area (Å²) in [6.07, 6.45) is -0.644. The number of likely N-dealkylation sites (N-methyl/N-ethyl adjacent to an activating group) is 1. The van der Waals surface area contributed by atoms with Crippen LogP contribution < -0.4 is 9.64 Å². The van der Waals surface area contributed by atoms with E-state index in [9.17, 15) is 4.79 Å². The highest BCUT2D eigenvalue weighted by atomic mass is 16.7. The number of hydrogen-bond donors (Lipinski definition) is 0. The van der Waals surface area contributed by atoms with Crippen LogP contribution in [0.5, 0.6) is 5.75 Å². The molecule has 0 spiro atoms. The first-order valence-corrected chi connectivity index (χ1v) is 9.71. The van der Waals surface area contributed by atoms with Crippen molar-refractivity contribution in [1.82, 2.24) is 0 Å². The molecule has 0 saturated heterocycles. The van der Waals surface area contributed by atoms with Crippen LogP contribution in [0.25, 0.3) is 0 Å². The Kier molecular flexibility index (Phi) is 7.71. The molecule has 0 atom stereocenters. The largest absolute Gasteiger partial charge is 0.513 e. The number of nitrogens with zero attached hydrogens (tertiary/aromatic N) is 1. The molecular formula is C23H31NO3. The molecule has 4 heteroatoms. The number of ether oxygens (including phenoxy) is 2. The fourth-order valence-electron chi connectivity index (χ4n) is 3.06. The lowest BCUT2D eigenvalue weighted by molar-refractivity contribution is 0.100. The molecule has 2 aromatic rings. The van der Waals surface area contributed by atoms with Gasteiger partial charge in [0.15, 0.2) is 0 Å². The van der Waals surface area contributed by atoms with Crippen LogP contribution >= 0.6 is 0 Å². The quantitative estimate of drug-likeness (QED) is 0.424. The van der Waals surface area contributed by atoms with Gasteiger partial charge in [0, 0.05) is 12.2 Å². The zero-order valence-electron chi connectivity index (χ0n) is 17.1. The molecule has 0 aliphatic heterocycles. The van der Waals surface area contributed by atoms with Gasteiger partial charge in [0.1, 0.15) is 12.4 Å². The van der Waals surface area contributed by atoms with Crippen molar-refractivity contribution in [3.8, 4) is 5.75 Å². The van der Waals surface area contributed by atoms with E-state index in [1.807, 2.05) is 36.4 Å². The fraction of sp³-hybridized carbons (Fsp3) is 0.435. The lowest BCUT2D eigenvalue weighted by atomic mass is 9.94. The third-order valence-electron chi connectivity index (χ3n) is 4.59. The van der Waals surface area contributed by atoms with Crippen molar-refractivity contribution in [2.75, 3.05) is 24.6 Å². The van der Waals surface area contributed by atoms with Crippen LogP contribution in [0.15, 0.2) is 48.5 Å². The van der Waals surface area contributed by atoms with E-state index in [-0.39, 0.29) is 18.4 Å². The van der Waals surface area contributed by atoms with Crippen molar-refractivity contribution < 1.29 is 14.3 Å². The van der Waals surface area contributed by atoms with Crippen molar-refractivity contribution in [3.05, 3.63) is 59.7 Å². The van der Waals surface area contributed by atoms with Gasteiger partial charge in [-0.2, -0.15) is 0 Å². The van der Waals surface area contributed by atoms with Crippen LogP contribution in [0.4, 0.5) is 10.5 Å². The molecule has 0 saturated carbocycles. The van der Waals surface area contributed by atoms with E-state index in [0.29, 0.717) is 12.3 Å². The second-order valence-electron chi connectivity index (χ2n) is 7.19. The fourth-order valence-corrected chi connectivity index (χ4v) is 3.06.